The predicted molar refractivity (Wildman–Crippen MR) is 116 cm³/mol. The normalized spacial score (nSPS) is 10.2. The van der Waals surface area contributed by atoms with Gasteiger partial charge in [-0.2, -0.15) is 0 Å². The number of unbranched alkanes of at least 4 members (excludes halogenated alkanes) is 1. The van der Waals surface area contributed by atoms with Crippen LogP contribution in [0.15, 0.2) is 78.9 Å². The second kappa shape index (κ2) is 10.1. The molecular formula is C24H24N2O3. The Morgan fingerprint density at radius 2 is 1.38 bits per heavy atom. The Bertz CT molecular complexity index is 971. The molecule has 0 saturated carbocycles. The summed E-state index contributed by atoms with van der Waals surface area (Å²) in [5.41, 5.74) is 2.22. The van der Waals surface area contributed by atoms with Crippen LogP contribution in [0.4, 0.5) is 11.4 Å². The Morgan fingerprint density at radius 3 is 2.10 bits per heavy atom. The standard InChI is InChI=1S/C24H24N2O3/c1-2-3-15-29-22-14-8-10-19(17-22)24(28)26-21-13-7-9-18(16-21)23(27)25-20-11-5-4-6-12-20/h4-14,16-17H,2-3,15H2,1H3,(H,25,27)(H,26,28). The number of anilines is 2. The monoisotopic (exact) mass is 388 g/mol. The van der Waals surface area contributed by atoms with Crippen molar-refractivity contribution < 1.29 is 14.3 Å². The summed E-state index contributed by atoms with van der Waals surface area (Å²) in [6, 6.07) is 23.1. The second-order valence-corrected chi connectivity index (χ2v) is 6.58. The van der Waals surface area contributed by atoms with Crippen molar-refractivity contribution in [3.05, 3.63) is 90.0 Å². The topological polar surface area (TPSA) is 67.4 Å². The molecule has 0 bridgehead atoms. The van der Waals surface area contributed by atoms with Gasteiger partial charge in [-0.05, 0) is 55.0 Å². The Labute approximate surface area is 170 Å². The van der Waals surface area contributed by atoms with Crippen LogP contribution in [0.1, 0.15) is 40.5 Å². The van der Waals surface area contributed by atoms with E-state index in [0.29, 0.717) is 34.9 Å². The number of nitrogens with one attached hydrogen (secondary N) is 2. The van der Waals surface area contributed by atoms with Crippen molar-refractivity contribution in [3.63, 3.8) is 0 Å². The molecule has 3 aromatic rings. The summed E-state index contributed by atoms with van der Waals surface area (Å²) in [6.07, 6.45) is 2.02. The number of para-hydroxylation sites is 1. The highest BCUT2D eigenvalue weighted by atomic mass is 16.5. The smallest absolute Gasteiger partial charge is 0.255 e. The van der Waals surface area contributed by atoms with Gasteiger partial charge in [0.2, 0.25) is 0 Å². The van der Waals surface area contributed by atoms with Crippen LogP contribution in [0.25, 0.3) is 0 Å². The first-order valence-corrected chi connectivity index (χ1v) is 9.66. The third kappa shape index (κ3) is 5.94. The van der Waals surface area contributed by atoms with E-state index in [1.807, 2.05) is 36.4 Å². The quantitative estimate of drug-likeness (QED) is 0.510. The largest absolute Gasteiger partial charge is 0.494 e. The number of amides is 2. The van der Waals surface area contributed by atoms with E-state index in [4.69, 9.17) is 4.74 Å². The molecule has 29 heavy (non-hydrogen) atoms. The maximum atomic E-state index is 12.6. The first-order valence-electron chi connectivity index (χ1n) is 9.66. The molecule has 0 fully saturated rings. The van der Waals surface area contributed by atoms with E-state index in [-0.39, 0.29) is 11.8 Å². The molecule has 0 heterocycles. The van der Waals surface area contributed by atoms with Gasteiger partial charge in [0, 0.05) is 22.5 Å². The molecule has 0 spiro atoms. The third-order valence-corrected chi connectivity index (χ3v) is 4.28. The molecule has 3 aromatic carbocycles. The minimum atomic E-state index is -0.258. The average molecular weight is 388 g/mol. The summed E-state index contributed by atoms with van der Waals surface area (Å²) in [5, 5.41) is 5.67. The lowest BCUT2D eigenvalue weighted by Crippen LogP contribution is -2.14. The van der Waals surface area contributed by atoms with Gasteiger partial charge in [0.1, 0.15) is 5.75 Å². The number of rotatable bonds is 8. The van der Waals surface area contributed by atoms with E-state index in [2.05, 4.69) is 17.6 Å². The zero-order valence-corrected chi connectivity index (χ0v) is 16.4. The first-order chi connectivity index (χ1) is 14.2. The van der Waals surface area contributed by atoms with Crippen LogP contribution in [-0.4, -0.2) is 18.4 Å². The number of carbonyl (C=O) groups excluding carboxylic acids is 2. The van der Waals surface area contributed by atoms with Crippen molar-refractivity contribution in [1.29, 1.82) is 0 Å². The van der Waals surface area contributed by atoms with E-state index in [1.54, 1.807) is 42.5 Å². The van der Waals surface area contributed by atoms with Gasteiger partial charge < -0.3 is 15.4 Å². The van der Waals surface area contributed by atoms with Crippen LogP contribution in [0.3, 0.4) is 0 Å². The molecule has 0 aliphatic carbocycles. The summed E-state index contributed by atoms with van der Waals surface area (Å²) in [6.45, 7) is 2.72. The summed E-state index contributed by atoms with van der Waals surface area (Å²) < 4.78 is 5.66. The van der Waals surface area contributed by atoms with Crippen molar-refractivity contribution >= 4 is 23.2 Å². The van der Waals surface area contributed by atoms with Gasteiger partial charge in [0.05, 0.1) is 6.61 Å². The van der Waals surface area contributed by atoms with E-state index >= 15 is 0 Å². The highest BCUT2D eigenvalue weighted by molar-refractivity contribution is 6.07. The lowest BCUT2D eigenvalue weighted by molar-refractivity contribution is 0.101. The number of ether oxygens (including phenoxy) is 1. The maximum absolute atomic E-state index is 12.6. The molecule has 0 saturated heterocycles. The molecular weight excluding hydrogens is 364 g/mol. The van der Waals surface area contributed by atoms with Crippen LogP contribution in [-0.2, 0) is 0 Å². The molecule has 0 aromatic heterocycles. The predicted octanol–water partition coefficient (Wildman–Crippen LogP) is 5.37. The van der Waals surface area contributed by atoms with Crippen molar-refractivity contribution in [2.45, 2.75) is 19.8 Å². The lowest BCUT2D eigenvalue weighted by atomic mass is 10.1. The zero-order chi connectivity index (χ0) is 20.5. The number of carbonyl (C=O) groups is 2. The average Bonchev–Trinajstić information content (AvgIpc) is 2.75. The Balaban J connectivity index is 1.66. The lowest BCUT2D eigenvalue weighted by Gasteiger charge is -2.10. The summed E-state index contributed by atoms with van der Waals surface area (Å²) in [5.74, 6) is 0.173. The van der Waals surface area contributed by atoms with E-state index < -0.39 is 0 Å². The SMILES string of the molecule is CCCCOc1cccc(C(=O)Nc2cccc(C(=O)Nc3ccccc3)c2)c1. The van der Waals surface area contributed by atoms with Gasteiger partial charge in [-0.3, -0.25) is 9.59 Å². The van der Waals surface area contributed by atoms with E-state index in [1.165, 1.54) is 0 Å². The minimum Gasteiger partial charge on any atom is -0.494 e. The van der Waals surface area contributed by atoms with Crippen molar-refractivity contribution in [2.75, 3.05) is 17.2 Å². The molecule has 2 amide bonds. The molecule has 148 valence electrons. The van der Waals surface area contributed by atoms with Crippen molar-refractivity contribution in [3.8, 4) is 5.75 Å². The molecule has 0 radical (unpaired) electrons. The second-order valence-electron chi connectivity index (χ2n) is 6.58. The Morgan fingerprint density at radius 1 is 0.759 bits per heavy atom. The van der Waals surface area contributed by atoms with Crippen molar-refractivity contribution in [2.24, 2.45) is 0 Å². The van der Waals surface area contributed by atoms with E-state index in [0.717, 1.165) is 12.8 Å². The molecule has 0 unspecified atom stereocenters. The van der Waals surface area contributed by atoms with Crippen LogP contribution in [0.2, 0.25) is 0 Å². The van der Waals surface area contributed by atoms with Gasteiger partial charge in [-0.1, -0.05) is 43.7 Å². The van der Waals surface area contributed by atoms with Gasteiger partial charge >= 0.3 is 0 Å². The molecule has 3 rings (SSSR count). The molecule has 0 aliphatic heterocycles. The fraction of sp³-hybridized carbons (Fsp3) is 0.167. The van der Waals surface area contributed by atoms with Crippen LogP contribution >= 0.6 is 0 Å². The number of benzene rings is 3. The summed E-state index contributed by atoms with van der Waals surface area (Å²) in [7, 11) is 0. The Kier molecular flexibility index (Phi) is 7.00. The van der Waals surface area contributed by atoms with Gasteiger partial charge in [-0.25, -0.2) is 0 Å². The molecule has 5 nitrogen and oxygen atoms in total. The highest BCUT2D eigenvalue weighted by Gasteiger charge is 2.10. The number of hydrogen-bond donors (Lipinski definition) is 2. The molecule has 0 aliphatic rings. The summed E-state index contributed by atoms with van der Waals surface area (Å²) >= 11 is 0. The van der Waals surface area contributed by atoms with Crippen LogP contribution < -0.4 is 15.4 Å². The molecule has 5 heteroatoms. The van der Waals surface area contributed by atoms with E-state index in [9.17, 15) is 9.59 Å². The fourth-order valence-electron chi connectivity index (χ4n) is 2.73. The molecule has 2 N–H and O–H groups in total. The van der Waals surface area contributed by atoms with Crippen LogP contribution in [0.5, 0.6) is 5.75 Å². The maximum Gasteiger partial charge on any atom is 0.255 e. The van der Waals surface area contributed by atoms with Gasteiger partial charge in [-0.15, -0.1) is 0 Å². The van der Waals surface area contributed by atoms with Gasteiger partial charge in [0.15, 0.2) is 0 Å². The Hall–Kier alpha value is -3.60. The zero-order valence-electron chi connectivity index (χ0n) is 16.4. The minimum absolute atomic E-state index is 0.237. The van der Waals surface area contributed by atoms with Crippen molar-refractivity contribution in [1.82, 2.24) is 0 Å². The third-order valence-electron chi connectivity index (χ3n) is 4.28. The number of hydrogen-bond acceptors (Lipinski definition) is 3. The van der Waals surface area contributed by atoms with Crippen LogP contribution in [0, 0.1) is 0 Å². The van der Waals surface area contributed by atoms with Gasteiger partial charge in [0.25, 0.3) is 11.8 Å². The summed E-state index contributed by atoms with van der Waals surface area (Å²) in [4.78, 5) is 25.1. The fourth-order valence-corrected chi connectivity index (χ4v) is 2.73. The highest BCUT2D eigenvalue weighted by Crippen LogP contribution is 2.17. The molecule has 0 atom stereocenters. The first kappa shape index (κ1) is 20.1.